The first-order valence-corrected chi connectivity index (χ1v) is 12.1. The fourth-order valence-corrected chi connectivity index (χ4v) is 5.40. The van der Waals surface area contributed by atoms with E-state index in [0.29, 0.717) is 0 Å². The Bertz CT molecular complexity index is 2060. The highest BCUT2D eigenvalue weighted by Gasteiger charge is 2.20. The summed E-state index contributed by atoms with van der Waals surface area (Å²) in [6, 6.07) is 34.2. The van der Waals surface area contributed by atoms with Crippen molar-refractivity contribution in [1.82, 2.24) is 19.9 Å². The van der Waals surface area contributed by atoms with Crippen LogP contribution < -0.4 is 0 Å². The number of benzene rings is 3. The maximum absolute atomic E-state index is 5.13. The summed E-state index contributed by atoms with van der Waals surface area (Å²) in [5.74, 6) is 0. The summed E-state index contributed by atoms with van der Waals surface area (Å²) in [6.45, 7) is 0. The van der Waals surface area contributed by atoms with Gasteiger partial charge in [-0.15, -0.1) is 0 Å². The Morgan fingerprint density at radius 2 is 1.17 bits per heavy atom. The average molecular weight is 461 g/mol. The summed E-state index contributed by atoms with van der Waals surface area (Å²) in [5, 5.41) is 4.95. The number of nitrogens with one attached hydrogen (secondary N) is 2. The van der Waals surface area contributed by atoms with E-state index in [4.69, 9.17) is 9.97 Å². The summed E-state index contributed by atoms with van der Waals surface area (Å²) >= 11 is 0. The van der Waals surface area contributed by atoms with Crippen LogP contribution in [0.3, 0.4) is 0 Å². The van der Waals surface area contributed by atoms with Crippen LogP contribution >= 0.6 is 0 Å². The fraction of sp³-hybridized carbons (Fsp3) is 0. The Hall–Kier alpha value is -4.96. The molecule has 0 atom stereocenters. The first-order chi connectivity index (χ1) is 17.8. The molecular weight excluding hydrogens is 440 g/mol. The van der Waals surface area contributed by atoms with Gasteiger partial charge in [0, 0.05) is 33.2 Å². The number of fused-ring (bicyclic) bond motifs is 15. The monoisotopic (exact) mass is 460 g/mol. The lowest BCUT2D eigenvalue weighted by molar-refractivity contribution is 1.31. The van der Waals surface area contributed by atoms with Crippen molar-refractivity contribution < 1.29 is 0 Å². The SMILES string of the molecule is C1=Cc2cc3ccc(cc4ccc(cc5nc(cc1n2)-c1ccc2c(ccc6ccccc62)c1-5)[nH]4)[nH]3. The minimum absolute atomic E-state index is 0.901. The molecule has 3 aromatic carbocycles. The van der Waals surface area contributed by atoms with E-state index in [-0.39, 0.29) is 0 Å². The molecule has 0 saturated carbocycles. The molecule has 0 aliphatic carbocycles. The molecule has 2 N–H and O–H groups in total. The number of aromatic nitrogens is 4. The minimum atomic E-state index is 0.901. The molecule has 0 spiro atoms. The molecular formula is C32H20N4. The van der Waals surface area contributed by atoms with Gasteiger partial charge in [0.15, 0.2) is 0 Å². The predicted octanol–water partition coefficient (Wildman–Crippen LogP) is 8.13. The van der Waals surface area contributed by atoms with Crippen LogP contribution in [0.2, 0.25) is 0 Å². The van der Waals surface area contributed by atoms with Gasteiger partial charge in [0.25, 0.3) is 0 Å². The van der Waals surface area contributed by atoms with E-state index in [1.807, 2.05) is 6.08 Å². The largest absolute Gasteiger partial charge is 0.355 e. The number of H-pyrrole nitrogens is 2. The maximum Gasteiger partial charge on any atom is 0.0743 e. The lowest BCUT2D eigenvalue weighted by Crippen LogP contribution is -1.83. The molecule has 0 amide bonds. The highest BCUT2D eigenvalue weighted by Crippen LogP contribution is 2.42. The Balaban J connectivity index is 1.49. The van der Waals surface area contributed by atoms with Gasteiger partial charge in [0.2, 0.25) is 0 Å². The van der Waals surface area contributed by atoms with E-state index in [1.54, 1.807) is 0 Å². The third kappa shape index (κ3) is 3.01. The molecule has 6 aromatic rings. The smallest absolute Gasteiger partial charge is 0.0743 e. The van der Waals surface area contributed by atoms with E-state index in [9.17, 15) is 0 Å². The summed E-state index contributed by atoms with van der Waals surface area (Å²) in [5.41, 5.74) is 10.1. The summed E-state index contributed by atoms with van der Waals surface area (Å²) in [6.07, 6.45) is 4.10. The molecule has 168 valence electrons. The third-order valence-electron chi connectivity index (χ3n) is 7.04. The molecule has 4 heteroatoms. The van der Waals surface area contributed by atoms with Crippen LogP contribution in [-0.2, 0) is 0 Å². The van der Waals surface area contributed by atoms with Gasteiger partial charge < -0.3 is 9.97 Å². The van der Waals surface area contributed by atoms with Crippen molar-refractivity contribution in [3.05, 3.63) is 108 Å². The molecule has 3 aromatic heterocycles. The minimum Gasteiger partial charge on any atom is -0.355 e. The lowest BCUT2D eigenvalue weighted by atomic mass is 9.93. The second-order valence-electron chi connectivity index (χ2n) is 9.36. The number of hydrogen-bond donors (Lipinski definition) is 2. The average Bonchev–Trinajstić information content (AvgIpc) is 3.69. The molecule has 8 bridgehead atoms. The van der Waals surface area contributed by atoms with Crippen molar-refractivity contribution in [2.24, 2.45) is 0 Å². The fourth-order valence-electron chi connectivity index (χ4n) is 5.40. The maximum atomic E-state index is 5.13. The molecule has 36 heavy (non-hydrogen) atoms. The van der Waals surface area contributed by atoms with Crippen LogP contribution in [0.5, 0.6) is 0 Å². The second-order valence-corrected chi connectivity index (χ2v) is 9.36. The van der Waals surface area contributed by atoms with Gasteiger partial charge in [-0.05, 0) is 82.2 Å². The first-order valence-electron chi connectivity index (χ1n) is 12.1. The van der Waals surface area contributed by atoms with E-state index in [1.165, 1.54) is 27.1 Å². The molecule has 0 fully saturated rings. The number of rotatable bonds is 0. The van der Waals surface area contributed by atoms with Gasteiger partial charge in [-0.2, -0.15) is 0 Å². The molecule has 2 aliphatic rings. The topological polar surface area (TPSA) is 57.4 Å². The Morgan fingerprint density at radius 1 is 0.472 bits per heavy atom. The van der Waals surface area contributed by atoms with Crippen molar-refractivity contribution in [2.45, 2.75) is 0 Å². The predicted molar refractivity (Wildman–Crippen MR) is 149 cm³/mol. The van der Waals surface area contributed by atoms with Gasteiger partial charge in [0.1, 0.15) is 0 Å². The number of nitrogens with zero attached hydrogens (tertiary/aromatic N) is 2. The van der Waals surface area contributed by atoms with Gasteiger partial charge in [0.05, 0.1) is 22.8 Å². The van der Waals surface area contributed by atoms with Gasteiger partial charge in [-0.1, -0.05) is 48.5 Å². The zero-order valence-corrected chi connectivity index (χ0v) is 19.3. The van der Waals surface area contributed by atoms with Crippen LogP contribution in [0.15, 0.2) is 97.1 Å². The van der Waals surface area contributed by atoms with Crippen molar-refractivity contribution in [2.75, 3.05) is 0 Å². The van der Waals surface area contributed by atoms with E-state index in [0.717, 1.165) is 50.4 Å². The zero-order chi connectivity index (χ0) is 23.6. The van der Waals surface area contributed by atoms with Gasteiger partial charge in [-0.3, -0.25) is 0 Å². The van der Waals surface area contributed by atoms with E-state index < -0.39 is 0 Å². The lowest BCUT2D eigenvalue weighted by Gasteiger charge is -2.09. The highest BCUT2D eigenvalue weighted by atomic mass is 14.8. The second kappa shape index (κ2) is 7.27. The van der Waals surface area contributed by atoms with Crippen LogP contribution in [0.25, 0.3) is 78.3 Å². The van der Waals surface area contributed by atoms with Gasteiger partial charge in [-0.25, -0.2) is 9.97 Å². The van der Waals surface area contributed by atoms with Crippen molar-refractivity contribution >= 4 is 55.8 Å². The number of hydrogen-bond acceptors (Lipinski definition) is 2. The molecule has 0 radical (unpaired) electrons. The summed E-state index contributed by atoms with van der Waals surface area (Å²) in [4.78, 5) is 16.9. The zero-order valence-electron chi connectivity index (χ0n) is 19.3. The molecule has 0 saturated heterocycles. The van der Waals surface area contributed by atoms with Crippen LogP contribution in [-0.4, -0.2) is 19.9 Å². The Morgan fingerprint density at radius 3 is 2.00 bits per heavy atom. The van der Waals surface area contributed by atoms with Crippen molar-refractivity contribution in [3.63, 3.8) is 0 Å². The van der Waals surface area contributed by atoms with E-state index in [2.05, 4.69) is 113 Å². The molecule has 8 rings (SSSR count). The molecule has 5 heterocycles. The normalized spacial score (nSPS) is 12.3. The quantitative estimate of drug-likeness (QED) is 0.224. The summed E-state index contributed by atoms with van der Waals surface area (Å²) < 4.78 is 0. The summed E-state index contributed by atoms with van der Waals surface area (Å²) in [7, 11) is 0. The first kappa shape index (κ1) is 19.4. The molecule has 2 aliphatic heterocycles. The van der Waals surface area contributed by atoms with Crippen LogP contribution in [0, 0.1) is 0 Å². The van der Waals surface area contributed by atoms with Gasteiger partial charge >= 0.3 is 0 Å². The van der Waals surface area contributed by atoms with Crippen LogP contribution in [0.4, 0.5) is 0 Å². The van der Waals surface area contributed by atoms with Crippen molar-refractivity contribution in [1.29, 1.82) is 0 Å². The Kier molecular flexibility index (Phi) is 3.91. The van der Waals surface area contributed by atoms with E-state index >= 15 is 0 Å². The molecule has 4 nitrogen and oxygen atoms in total. The standard InChI is InChI=1S/C32H20N4/c1-2-4-26-19(3-1)5-12-28-27(26)13-14-29-30-17-24-10-8-22(34-24)15-20-6-7-21(33-20)16-23-9-11-25(35-23)18-31(36-30)32(28)29/h1-18,33,35H. The van der Waals surface area contributed by atoms with Crippen LogP contribution in [0.1, 0.15) is 11.4 Å². The molecule has 0 unspecified atom stereocenters. The Labute approximate surface area is 206 Å². The number of aromatic amines is 2. The van der Waals surface area contributed by atoms with Crippen molar-refractivity contribution in [3.8, 4) is 22.5 Å². The highest BCUT2D eigenvalue weighted by molar-refractivity contribution is 6.15. The third-order valence-corrected chi connectivity index (χ3v) is 7.04.